The Kier molecular flexibility index (Phi) is 7.64. The number of hydrogen-bond donors (Lipinski definition) is 1. The van der Waals surface area contributed by atoms with Crippen LogP contribution in [-0.2, 0) is 19.1 Å². The molecule has 0 heterocycles. The van der Waals surface area contributed by atoms with Gasteiger partial charge < -0.3 is 14.8 Å². The molecule has 0 spiro atoms. The first kappa shape index (κ1) is 17.9. The SMILES string of the molecule is CCOC(=O)CCOC(=O)CNc1cc(Cl)c(Cl)c(Cl)c1. The second-order valence-corrected chi connectivity index (χ2v) is 5.08. The quantitative estimate of drug-likeness (QED) is 0.599. The van der Waals surface area contributed by atoms with Gasteiger partial charge in [0.1, 0.15) is 13.2 Å². The van der Waals surface area contributed by atoms with Gasteiger partial charge in [0.15, 0.2) is 0 Å². The number of ether oxygens (including phenoxy) is 2. The first-order valence-corrected chi connectivity index (χ1v) is 7.27. The Bertz CT molecular complexity index is 499. The first-order chi connectivity index (χ1) is 9.93. The highest BCUT2D eigenvalue weighted by Gasteiger charge is 2.09. The van der Waals surface area contributed by atoms with Crippen molar-refractivity contribution in [3.8, 4) is 0 Å². The molecule has 116 valence electrons. The number of carbonyl (C=O) groups is 2. The molecule has 21 heavy (non-hydrogen) atoms. The zero-order chi connectivity index (χ0) is 15.8. The average Bonchev–Trinajstić information content (AvgIpc) is 2.42. The lowest BCUT2D eigenvalue weighted by Crippen LogP contribution is -2.19. The lowest BCUT2D eigenvalue weighted by Gasteiger charge is -2.09. The third-order valence-corrected chi connectivity index (χ3v) is 3.49. The molecule has 0 saturated carbocycles. The molecule has 0 atom stereocenters. The van der Waals surface area contributed by atoms with Crippen LogP contribution >= 0.6 is 34.8 Å². The van der Waals surface area contributed by atoms with Crippen molar-refractivity contribution < 1.29 is 19.1 Å². The van der Waals surface area contributed by atoms with E-state index in [0.29, 0.717) is 12.3 Å². The predicted molar refractivity (Wildman–Crippen MR) is 82.2 cm³/mol. The van der Waals surface area contributed by atoms with E-state index in [1.807, 2.05) is 0 Å². The molecule has 0 fully saturated rings. The fourth-order valence-electron chi connectivity index (χ4n) is 1.36. The molecule has 5 nitrogen and oxygen atoms in total. The van der Waals surface area contributed by atoms with Crippen LogP contribution in [0.3, 0.4) is 0 Å². The van der Waals surface area contributed by atoms with E-state index < -0.39 is 11.9 Å². The van der Waals surface area contributed by atoms with Crippen molar-refractivity contribution >= 4 is 52.4 Å². The van der Waals surface area contributed by atoms with Crippen molar-refractivity contribution in [2.24, 2.45) is 0 Å². The largest absolute Gasteiger partial charge is 0.466 e. The maximum atomic E-state index is 11.5. The molecule has 1 N–H and O–H groups in total. The Morgan fingerprint density at radius 1 is 1.10 bits per heavy atom. The highest BCUT2D eigenvalue weighted by atomic mass is 35.5. The monoisotopic (exact) mass is 353 g/mol. The van der Waals surface area contributed by atoms with E-state index in [1.165, 1.54) is 0 Å². The van der Waals surface area contributed by atoms with Crippen LogP contribution in [-0.4, -0.2) is 31.7 Å². The number of carbonyl (C=O) groups excluding carboxylic acids is 2. The summed E-state index contributed by atoms with van der Waals surface area (Å²) in [4.78, 5) is 22.5. The summed E-state index contributed by atoms with van der Waals surface area (Å²) in [6, 6.07) is 3.09. The zero-order valence-electron chi connectivity index (χ0n) is 11.3. The van der Waals surface area contributed by atoms with Crippen molar-refractivity contribution in [1.82, 2.24) is 0 Å². The van der Waals surface area contributed by atoms with Crippen LogP contribution in [0.25, 0.3) is 0 Å². The number of hydrogen-bond acceptors (Lipinski definition) is 5. The first-order valence-electron chi connectivity index (χ1n) is 6.13. The molecule has 1 rings (SSSR count). The molecule has 0 radical (unpaired) electrons. The fourth-order valence-corrected chi connectivity index (χ4v) is 1.96. The van der Waals surface area contributed by atoms with Gasteiger partial charge in [-0.1, -0.05) is 34.8 Å². The maximum Gasteiger partial charge on any atom is 0.325 e. The third kappa shape index (κ3) is 6.42. The molecule has 0 bridgehead atoms. The molecule has 8 heteroatoms. The van der Waals surface area contributed by atoms with Gasteiger partial charge in [-0.05, 0) is 19.1 Å². The van der Waals surface area contributed by atoms with Gasteiger partial charge in [-0.15, -0.1) is 0 Å². The molecule has 0 aliphatic rings. The average molecular weight is 355 g/mol. The van der Waals surface area contributed by atoms with Crippen LogP contribution in [0.4, 0.5) is 5.69 Å². The van der Waals surface area contributed by atoms with Crippen molar-refractivity contribution in [1.29, 1.82) is 0 Å². The summed E-state index contributed by atoms with van der Waals surface area (Å²) in [6.45, 7) is 1.89. The summed E-state index contributed by atoms with van der Waals surface area (Å²) in [6.07, 6.45) is 0.0260. The molecular weight excluding hydrogens is 341 g/mol. The van der Waals surface area contributed by atoms with Crippen LogP contribution in [0.5, 0.6) is 0 Å². The van der Waals surface area contributed by atoms with Gasteiger partial charge in [-0.2, -0.15) is 0 Å². The summed E-state index contributed by atoms with van der Waals surface area (Å²) >= 11 is 17.5. The van der Waals surface area contributed by atoms with Crippen molar-refractivity contribution in [2.75, 3.05) is 25.1 Å². The minimum atomic E-state index is -0.513. The maximum absolute atomic E-state index is 11.5. The van der Waals surface area contributed by atoms with Crippen LogP contribution in [0.2, 0.25) is 15.1 Å². The Morgan fingerprint density at radius 2 is 1.71 bits per heavy atom. The van der Waals surface area contributed by atoms with E-state index in [4.69, 9.17) is 44.3 Å². The molecule has 0 amide bonds. The minimum absolute atomic E-state index is 0.0260. The Hall–Kier alpha value is -1.17. The fraction of sp³-hybridized carbons (Fsp3) is 0.385. The molecule has 1 aromatic carbocycles. The van der Waals surface area contributed by atoms with Gasteiger partial charge >= 0.3 is 11.9 Å². The van der Waals surface area contributed by atoms with E-state index in [1.54, 1.807) is 19.1 Å². The van der Waals surface area contributed by atoms with Gasteiger partial charge in [-0.3, -0.25) is 9.59 Å². The summed E-state index contributed by atoms with van der Waals surface area (Å²) in [5.41, 5.74) is 0.539. The van der Waals surface area contributed by atoms with Gasteiger partial charge in [0.2, 0.25) is 0 Å². The lowest BCUT2D eigenvalue weighted by atomic mass is 10.3. The molecule has 0 aliphatic carbocycles. The number of benzene rings is 1. The number of rotatable bonds is 7. The normalized spacial score (nSPS) is 10.1. The van der Waals surface area contributed by atoms with Gasteiger partial charge in [0, 0.05) is 5.69 Å². The second-order valence-electron chi connectivity index (χ2n) is 3.88. The summed E-state index contributed by atoms with van der Waals surface area (Å²) in [7, 11) is 0. The lowest BCUT2D eigenvalue weighted by molar-refractivity contribution is -0.148. The van der Waals surface area contributed by atoms with E-state index in [0.717, 1.165) is 0 Å². The Morgan fingerprint density at radius 3 is 2.29 bits per heavy atom. The number of nitrogens with one attached hydrogen (secondary N) is 1. The van der Waals surface area contributed by atoms with Gasteiger partial charge in [0.05, 0.1) is 28.1 Å². The van der Waals surface area contributed by atoms with E-state index in [-0.39, 0.29) is 34.6 Å². The predicted octanol–water partition coefficient (Wildman–Crippen LogP) is 3.56. The van der Waals surface area contributed by atoms with Crippen molar-refractivity contribution in [2.45, 2.75) is 13.3 Å². The third-order valence-electron chi connectivity index (χ3n) is 2.30. The Balaban J connectivity index is 2.35. The molecule has 0 aliphatic heterocycles. The van der Waals surface area contributed by atoms with Gasteiger partial charge in [0.25, 0.3) is 0 Å². The van der Waals surface area contributed by atoms with E-state index >= 15 is 0 Å². The van der Waals surface area contributed by atoms with E-state index in [9.17, 15) is 9.59 Å². The number of halogens is 3. The molecule has 0 saturated heterocycles. The number of anilines is 1. The van der Waals surface area contributed by atoms with E-state index in [2.05, 4.69) is 5.32 Å². The van der Waals surface area contributed by atoms with Crippen LogP contribution in [0, 0.1) is 0 Å². The van der Waals surface area contributed by atoms with Crippen LogP contribution < -0.4 is 5.32 Å². The minimum Gasteiger partial charge on any atom is -0.466 e. The smallest absolute Gasteiger partial charge is 0.325 e. The topological polar surface area (TPSA) is 64.6 Å². The Labute approximate surface area is 137 Å². The standard InChI is InChI=1S/C13H14Cl3NO4/c1-2-20-11(18)3-4-21-12(19)7-17-8-5-9(14)13(16)10(15)6-8/h5-6,17H,2-4,7H2,1H3. The zero-order valence-corrected chi connectivity index (χ0v) is 13.5. The van der Waals surface area contributed by atoms with Crippen LogP contribution in [0.1, 0.15) is 13.3 Å². The van der Waals surface area contributed by atoms with Crippen molar-refractivity contribution in [3.05, 3.63) is 27.2 Å². The molecule has 0 unspecified atom stereocenters. The summed E-state index contributed by atoms with van der Waals surface area (Å²) < 4.78 is 9.57. The van der Waals surface area contributed by atoms with Crippen molar-refractivity contribution in [3.63, 3.8) is 0 Å². The summed E-state index contributed by atoms with van der Waals surface area (Å²) in [5.74, 6) is -0.920. The highest BCUT2D eigenvalue weighted by Crippen LogP contribution is 2.32. The second kappa shape index (κ2) is 8.97. The number of esters is 2. The molecular formula is C13H14Cl3NO4. The highest BCUT2D eigenvalue weighted by molar-refractivity contribution is 6.48. The molecule has 0 aromatic heterocycles. The van der Waals surface area contributed by atoms with Crippen LogP contribution in [0.15, 0.2) is 12.1 Å². The molecule has 1 aromatic rings. The summed E-state index contributed by atoms with van der Waals surface area (Å²) in [5, 5.41) is 3.61. The van der Waals surface area contributed by atoms with Gasteiger partial charge in [-0.25, -0.2) is 0 Å².